The molecule has 15 heavy (non-hydrogen) atoms. The highest BCUT2D eigenvalue weighted by Gasteiger charge is 2.25. The van der Waals surface area contributed by atoms with Gasteiger partial charge in [-0.25, -0.2) is 8.42 Å². The molecule has 80 valence electrons. The second-order valence-electron chi connectivity index (χ2n) is 2.97. The quantitative estimate of drug-likeness (QED) is 0.779. The number of methoxy groups -OCH3 is 1. The van der Waals surface area contributed by atoms with Gasteiger partial charge in [0.05, 0.1) is 13.2 Å². The van der Waals surface area contributed by atoms with Crippen LogP contribution in [0.5, 0.6) is 5.75 Å². The molecule has 0 spiro atoms. The van der Waals surface area contributed by atoms with Crippen molar-refractivity contribution < 1.29 is 13.2 Å². The number of ether oxygens (including phenoxy) is 1. The number of nitrogens with zero attached hydrogens (tertiary/aromatic N) is 1. The minimum atomic E-state index is -3.62. The summed E-state index contributed by atoms with van der Waals surface area (Å²) in [6, 6.07) is 7.97. The van der Waals surface area contributed by atoms with E-state index in [4.69, 9.17) is 10.00 Å². The summed E-state index contributed by atoms with van der Waals surface area (Å²) in [7, 11) is -2.22. The molecule has 0 N–H and O–H groups in total. The molecule has 0 radical (unpaired) electrons. The molecule has 0 aromatic heterocycles. The van der Waals surface area contributed by atoms with Crippen LogP contribution in [0.3, 0.4) is 0 Å². The zero-order valence-electron chi connectivity index (χ0n) is 8.47. The van der Waals surface area contributed by atoms with Gasteiger partial charge in [-0.2, -0.15) is 5.26 Å². The first-order valence-corrected chi connectivity index (χ1v) is 5.85. The molecule has 1 rings (SSSR count). The van der Waals surface area contributed by atoms with Gasteiger partial charge in [0.2, 0.25) is 0 Å². The maximum Gasteiger partial charge on any atom is 0.197 e. The predicted octanol–water partition coefficient (Wildman–Crippen LogP) is 1.38. The van der Waals surface area contributed by atoms with Gasteiger partial charge in [0.15, 0.2) is 9.84 Å². The summed E-state index contributed by atoms with van der Waals surface area (Å²) in [5.41, 5.74) is 0. The van der Waals surface area contributed by atoms with E-state index in [0.717, 1.165) is 0 Å². The van der Waals surface area contributed by atoms with Crippen LogP contribution in [-0.4, -0.2) is 20.8 Å². The number of benzene rings is 1. The van der Waals surface area contributed by atoms with Gasteiger partial charge in [0.25, 0.3) is 0 Å². The molecule has 0 saturated heterocycles. The van der Waals surface area contributed by atoms with Gasteiger partial charge in [0, 0.05) is 0 Å². The minimum absolute atomic E-state index is 0.0570. The lowest BCUT2D eigenvalue weighted by atomic mass is 10.3. The molecule has 0 fully saturated rings. The van der Waals surface area contributed by atoms with Crippen molar-refractivity contribution in [3.8, 4) is 11.8 Å². The van der Waals surface area contributed by atoms with Gasteiger partial charge in [-0.3, -0.25) is 0 Å². The first-order valence-electron chi connectivity index (χ1n) is 4.30. The summed E-state index contributed by atoms with van der Waals surface area (Å²) in [6.07, 6.45) is 0. The van der Waals surface area contributed by atoms with E-state index in [-0.39, 0.29) is 10.6 Å². The molecular formula is C10H11NO3S. The molecule has 0 aliphatic carbocycles. The van der Waals surface area contributed by atoms with Crippen LogP contribution in [0.2, 0.25) is 0 Å². The van der Waals surface area contributed by atoms with Crippen molar-refractivity contribution in [1.82, 2.24) is 0 Å². The van der Waals surface area contributed by atoms with E-state index in [2.05, 4.69) is 0 Å². The number of para-hydroxylation sites is 1. The van der Waals surface area contributed by atoms with E-state index in [9.17, 15) is 8.42 Å². The Morgan fingerprint density at radius 1 is 1.40 bits per heavy atom. The van der Waals surface area contributed by atoms with Gasteiger partial charge in [0.1, 0.15) is 15.9 Å². The summed E-state index contributed by atoms with van der Waals surface area (Å²) in [4.78, 5) is 0.0570. The van der Waals surface area contributed by atoms with E-state index >= 15 is 0 Å². The summed E-state index contributed by atoms with van der Waals surface area (Å²) >= 11 is 0. The number of hydrogen-bond donors (Lipinski definition) is 0. The zero-order chi connectivity index (χ0) is 11.5. The third-order valence-corrected chi connectivity index (χ3v) is 4.01. The Morgan fingerprint density at radius 3 is 2.53 bits per heavy atom. The van der Waals surface area contributed by atoms with Crippen LogP contribution >= 0.6 is 0 Å². The fourth-order valence-electron chi connectivity index (χ4n) is 1.11. The average Bonchev–Trinajstić information content (AvgIpc) is 2.27. The first-order chi connectivity index (χ1) is 7.04. The number of sulfone groups is 1. The zero-order valence-corrected chi connectivity index (χ0v) is 9.28. The van der Waals surface area contributed by atoms with Gasteiger partial charge in [-0.05, 0) is 19.1 Å². The lowest BCUT2D eigenvalue weighted by Crippen LogP contribution is -2.16. The van der Waals surface area contributed by atoms with Crippen LogP contribution < -0.4 is 4.74 Å². The van der Waals surface area contributed by atoms with Crippen LogP contribution in [0.1, 0.15) is 6.92 Å². The molecule has 0 bridgehead atoms. The molecule has 0 amide bonds. The van der Waals surface area contributed by atoms with Crippen LogP contribution in [-0.2, 0) is 9.84 Å². The van der Waals surface area contributed by atoms with Crippen LogP contribution in [0.15, 0.2) is 29.2 Å². The molecule has 0 aliphatic heterocycles. The highest BCUT2D eigenvalue weighted by Crippen LogP contribution is 2.26. The highest BCUT2D eigenvalue weighted by molar-refractivity contribution is 7.92. The van der Waals surface area contributed by atoms with E-state index < -0.39 is 15.1 Å². The molecule has 5 heteroatoms. The monoisotopic (exact) mass is 225 g/mol. The van der Waals surface area contributed by atoms with Crippen molar-refractivity contribution in [3.05, 3.63) is 24.3 Å². The van der Waals surface area contributed by atoms with Gasteiger partial charge in [-0.1, -0.05) is 12.1 Å². The standard InChI is InChI=1S/C10H11NO3S/c1-8(7-11)15(12,13)10-6-4-3-5-9(10)14-2/h3-6,8H,1-2H3. The molecule has 0 heterocycles. The van der Waals surface area contributed by atoms with Crippen LogP contribution in [0.25, 0.3) is 0 Å². The fraction of sp³-hybridized carbons (Fsp3) is 0.300. The average molecular weight is 225 g/mol. The smallest absolute Gasteiger partial charge is 0.197 e. The van der Waals surface area contributed by atoms with Gasteiger partial charge >= 0.3 is 0 Å². The summed E-state index contributed by atoms with van der Waals surface area (Å²) in [5.74, 6) is 0.264. The Bertz CT molecular complexity index is 488. The van der Waals surface area contributed by atoms with E-state index in [1.54, 1.807) is 24.3 Å². The molecule has 1 atom stereocenters. The normalized spacial score (nSPS) is 12.9. The van der Waals surface area contributed by atoms with Crippen molar-refractivity contribution in [2.45, 2.75) is 17.1 Å². The molecule has 0 aliphatic rings. The third-order valence-electron chi connectivity index (χ3n) is 2.02. The van der Waals surface area contributed by atoms with Crippen molar-refractivity contribution in [1.29, 1.82) is 5.26 Å². The van der Waals surface area contributed by atoms with Crippen LogP contribution in [0.4, 0.5) is 0 Å². The Labute approximate surface area is 89.0 Å². The van der Waals surface area contributed by atoms with E-state index in [1.165, 1.54) is 20.1 Å². The second-order valence-corrected chi connectivity index (χ2v) is 5.20. The second kappa shape index (κ2) is 4.32. The van der Waals surface area contributed by atoms with E-state index in [1.807, 2.05) is 0 Å². The van der Waals surface area contributed by atoms with Crippen molar-refractivity contribution in [3.63, 3.8) is 0 Å². The van der Waals surface area contributed by atoms with Gasteiger partial charge < -0.3 is 4.74 Å². The largest absolute Gasteiger partial charge is 0.495 e. The van der Waals surface area contributed by atoms with Crippen LogP contribution in [0, 0.1) is 11.3 Å². The Hall–Kier alpha value is -1.54. The number of nitriles is 1. The molecule has 1 aromatic carbocycles. The maximum absolute atomic E-state index is 11.8. The van der Waals surface area contributed by atoms with Crippen molar-refractivity contribution >= 4 is 9.84 Å². The predicted molar refractivity (Wildman–Crippen MR) is 55.3 cm³/mol. The SMILES string of the molecule is COc1ccccc1S(=O)(=O)C(C)C#N. The minimum Gasteiger partial charge on any atom is -0.495 e. The van der Waals surface area contributed by atoms with Crippen molar-refractivity contribution in [2.75, 3.05) is 7.11 Å². The fourth-order valence-corrected chi connectivity index (χ4v) is 2.33. The lowest BCUT2D eigenvalue weighted by molar-refractivity contribution is 0.402. The summed E-state index contributed by atoms with van der Waals surface area (Å²) < 4.78 is 28.6. The Morgan fingerprint density at radius 2 is 2.00 bits per heavy atom. The van der Waals surface area contributed by atoms with E-state index in [0.29, 0.717) is 0 Å². The van der Waals surface area contributed by atoms with Gasteiger partial charge in [-0.15, -0.1) is 0 Å². The number of hydrogen-bond acceptors (Lipinski definition) is 4. The summed E-state index contributed by atoms with van der Waals surface area (Å²) in [5, 5.41) is 7.55. The molecule has 4 nitrogen and oxygen atoms in total. The third kappa shape index (κ3) is 2.10. The topological polar surface area (TPSA) is 67.2 Å². The highest BCUT2D eigenvalue weighted by atomic mass is 32.2. The lowest BCUT2D eigenvalue weighted by Gasteiger charge is -2.09. The van der Waals surface area contributed by atoms with Crippen molar-refractivity contribution in [2.24, 2.45) is 0 Å². The molecule has 0 saturated carbocycles. The first kappa shape index (κ1) is 11.5. The number of rotatable bonds is 3. The molecular weight excluding hydrogens is 214 g/mol. The Balaban J connectivity index is 3.35. The summed E-state index contributed by atoms with van der Waals surface area (Å²) in [6.45, 7) is 1.35. The Kier molecular flexibility index (Phi) is 3.32. The maximum atomic E-state index is 11.8. The molecule has 1 aromatic rings. The molecule has 1 unspecified atom stereocenters.